The monoisotopic (exact) mass is 522 g/mol. The highest BCUT2D eigenvalue weighted by Gasteiger charge is 2.41. The maximum Gasteiger partial charge on any atom is 0.327 e. The van der Waals surface area contributed by atoms with E-state index in [1.165, 1.54) is 24.3 Å². The fraction of sp³-hybridized carbons (Fsp3) is 0.143. The first-order valence-electron chi connectivity index (χ1n) is 9.44. The summed E-state index contributed by atoms with van der Waals surface area (Å²) in [5.74, 6) is -3.57. The molecule has 0 radical (unpaired) electrons. The Labute approximate surface area is 206 Å². The van der Waals surface area contributed by atoms with Crippen molar-refractivity contribution in [1.82, 2.24) is 4.90 Å². The van der Waals surface area contributed by atoms with E-state index in [0.717, 1.165) is 11.8 Å². The molecular formula is C21H15ClN2O8S2. The van der Waals surface area contributed by atoms with Crippen molar-refractivity contribution in [3.8, 4) is 5.75 Å². The van der Waals surface area contributed by atoms with Gasteiger partial charge in [0.25, 0.3) is 11.6 Å². The lowest BCUT2D eigenvalue weighted by atomic mass is 10.1. The molecule has 10 nitrogen and oxygen atoms in total. The van der Waals surface area contributed by atoms with Gasteiger partial charge in [-0.3, -0.25) is 24.6 Å². The van der Waals surface area contributed by atoms with Gasteiger partial charge in [-0.2, -0.15) is 0 Å². The Hall–Kier alpha value is -3.48. The Bertz CT molecular complexity index is 1230. The number of non-ortho nitro benzene ring substituents is 1. The van der Waals surface area contributed by atoms with Crippen molar-refractivity contribution in [2.75, 3.05) is 0 Å². The summed E-state index contributed by atoms with van der Waals surface area (Å²) >= 11 is 12.0. The van der Waals surface area contributed by atoms with E-state index in [1.807, 2.05) is 0 Å². The molecule has 2 aromatic carbocycles. The van der Waals surface area contributed by atoms with Crippen LogP contribution in [-0.4, -0.2) is 48.2 Å². The summed E-state index contributed by atoms with van der Waals surface area (Å²) in [6, 6.07) is 9.04. The fourth-order valence-corrected chi connectivity index (χ4v) is 4.55. The third-order valence-electron chi connectivity index (χ3n) is 4.62. The van der Waals surface area contributed by atoms with Gasteiger partial charge in [0.15, 0.2) is 0 Å². The van der Waals surface area contributed by atoms with Crippen molar-refractivity contribution < 1.29 is 34.3 Å². The largest absolute Gasteiger partial charge is 0.488 e. The van der Waals surface area contributed by atoms with Crippen LogP contribution in [0, 0.1) is 10.1 Å². The molecule has 176 valence electrons. The summed E-state index contributed by atoms with van der Waals surface area (Å²) in [4.78, 5) is 46.8. The van der Waals surface area contributed by atoms with Crippen LogP contribution >= 0.6 is 35.6 Å². The third kappa shape index (κ3) is 5.71. The number of thiocarbonyl (C=S) groups is 1. The molecule has 2 N–H and O–H groups in total. The number of carboxylic acid groups (broad SMARTS) is 2. The number of carbonyl (C=O) groups excluding carboxylic acids is 1. The van der Waals surface area contributed by atoms with Gasteiger partial charge in [-0.25, -0.2) is 4.79 Å². The summed E-state index contributed by atoms with van der Waals surface area (Å²) in [5.41, 5.74) is 0.575. The van der Waals surface area contributed by atoms with E-state index in [0.29, 0.717) is 15.5 Å². The Morgan fingerprint density at radius 2 is 1.97 bits per heavy atom. The number of carbonyl (C=O) groups is 3. The van der Waals surface area contributed by atoms with Gasteiger partial charge in [-0.05, 0) is 18.2 Å². The lowest BCUT2D eigenvalue weighted by molar-refractivity contribution is -0.384. The number of ether oxygens (including phenoxy) is 1. The Balaban J connectivity index is 1.96. The molecule has 1 atom stereocenters. The topological polar surface area (TPSA) is 147 Å². The van der Waals surface area contributed by atoms with Crippen molar-refractivity contribution in [2.45, 2.75) is 19.1 Å². The van der Waals surface area contributed by atoms with Gasteiger partial charge >= 0.3 is 11.9 Å². The summed E-state index contributed by atoms with van der Waals surface area (Å²) < 4.78 is 5.64. The van der Waals surface area contributed by atoms with Crippen LogP contribution in [0.1, 0.15) is 17.5 Å². The predicted molar refractivity (Wildman–Crippen MR) is 128 cm³/mol. The first kappa shape index (κ1) is 25.1. The first-order valence-corrected chi connectivity index (χ1v) is 11.0. The highest BCUT2D eigenvalue weighted by atomic mass is 35.5. The van der Waals surface area contributed by atoms with E-state index >= 15 is 0 Å². The molecule has 34 heavy (non-hydrogen) atoms. The number of amides is 1. The Morgan fingerprint density at radius 1 is 1.26 bits per heavy atom. The van der Waals surface area contributed by atoms with Gasteiger partial charge in [0.2, 0.25) is 0 Å². The van der Waals surface area contributed by atoms with Crippen molar-refractivity contribution in [1.29, 1.82) is 0 Å². The average molecular weight is 523 g/mol. The van der Waals surface area contributed by atoms with Crippen LogP contribution < -0.4 is 4.74 Å². The quantitative estimate of drug-likeness (QED) is 0.214. The molecule has 1 unspecified atom stereocenters. The number of nitrogens with zero attached hydrogens (tertiary/aromatic N) is 2. The number of hydrogen-bond acceptors (Lipinski definition) is 8. The van der Waals surface area contributed by atoms with E-state index in [-0.39, 0.29) is 32.8 Å². The number of aliphatic carboxylic acids is 2. The van der Waals surface area contributed by atoms with Crippen LogP contribution in [0.4, 0.5) is 5.69 Å². The third-order valence-corrected chi connectivity index (χ3v) is 6.32. The molecule has 1 fully saturated rings. The molecule has 1 aliphatic rings. The second-order valence-corrected chi connectivity index (χ2v) is 8.95. The van der Waals surface area contributed by atoms with E-state index in [9.17, 15) is 29.6 Å². The van der Waals surface area contributed by atoms with Crippen LogP contribution in [0.2, 0.25) is 5.02 Å². The minimum Gasteiger partial charge on any atom is -0.488 e. The van der Waals surface area contributed by atoms with E-state index in [2.05, 4.69) is 0 Å². The lowest BCUT2D eigenvalue weighted by Gasteiger charge is -2.21. The van der Waals surface area contributed by atoms with Gasteiger partial charge in [-0.15, -0.1) is 0 Å². The zero-order valence-electron chi connectivity index (χ0n) is 17.0. The smallest absolute Gasteiger partial charge is 0.327 e. The van der Waals surface area contributed by atoms with E-state index in [1.54, 1.807) is 24.3 Å². The van der Waals surface area contributed by atoms with Gasteiger partial charge in [0.05, 0.1) is 16.2 Å². The number of benzene rings is 2. The number of thioether (sulfide) groups is 1. The molecule has 0 aliphatic carbocycles. The molecule has 1 heterocycles. The number of nitro benzene ring substituents is 1. The second-order valence-electron chi connectivity index (χ2n) is 6.86. The van der Waals surface area contributed by atoms with Crippen molar-refractivity contribution in [3.63, 3.8) is 0 Å². The number of halogens is 1. The van der Waals surface area contributed by atoms with Crippen LogP contribution in [0.15, 0.2) is 47.4 Å². The van der Waals surface area contributed by atoms with Crippen molar-refractivity contribution in [2.24, 2.45) is 0 Å². The maximum absolute atomic E-state index is 12.9. The van der Waals surface area contributed by atoms with Crippen LogP contribution in [0.3, 0.4) is 0 Å². The fourth-order valence-electron chi connectivity index (χ4n) is 3.01. The second kappa shape index (κ2) is 10.6. The Morgan fingerprint density at radius 3 is 2.59 bits per heavy atom. The molecule has 13 heteroatoms. The zero-order chi connectivity index (χ0) is 25.0. The number of hydrogen-bond donors (Lipinski definition) is 2. The summed E-state index contributed by atoms with van der Waals surface area (Å²) in [6.07, 6.45) is 0.436. The van der Waals surface area contributed by atoms with Gasteiger partial charge in [0.1, 0.15) is 22.7 Å². The van der Waals surface area contributed by atoms with E-state index < -0.39 is 35.2 Å². The minimum absolute atomic E-state index is 0.0373. The molecule has 1 aliphatic heterocycles. The number of nitro groups is 1. The maximum atomic E-state index is 12.9. The normalized spacial score (nSPS) is 15.4. The van der Waals surface area contributed by atoms with Crippen molar-refractivity contribution in [3.05, 3.63) is 73.6 Å². The standard InChI is InChI=1S/C21H15ClN2O8S2/c22-14-4-2-1-3-11(14)10-32-16-6-5-13(24(30)31)7-12(16)8-17-19(27)23(21(33)34-17)15(20(28)29)9-18(25)26/h1-8,15H,9-10H2,(H,25,26)(H,28,29)/b17-8-. The molecule has 1 saturated heterocycles. The van der Waals surface area contributed by atoms with Gasteiger partial charge in [0, 0.05) is 28.3 Å². The summed E-state index contributed by atoms with van der Waals surface area (Å²) in [7, 11) is 0. The summed E-state index contributed by atoms with van der Waals surface area (Å²) in [5, 5.41) is 30.1. The summed E-state index contributed by atoms with van der Waals surface area (Å²) in [6.45, 7) is 0.0407. The molecular weight excluding hydrogens is 508 g/mol. The van der Waals surface area contributed by atoms with Gasteiger partial charge < -0.3 is 14.9 Å². The molecule has 0 saturated carbocycles. The van der Waals surface area contributed by atoms with Crippen LogP contribution in [0.5, 0.6) is 5.75 Å². The van der Waals surface area contributed by atoms with E-state index in [4.69, 9.17) is 33.7 Å². The number of carboxylic acids is 2. The molecule has 0 spiro atoms. The van der Waals surface area contributed by atoms with Crippen LogP contribution in [0.25, 0.3) is 6.08 Å². The average Bonchev–Trinajstić information content (AvgIpc) is 3.04. The highest BCUT2D eigenvalue weighted by Crippen LogP contribution is 2.37. The minimum atomic E-state index is -1.70. The van der Waals surface area contributed by atoms with Crippen molar-refractivity contribution >= 4 is 69.5 Å². The Kier molecular flexibility index (Phi) is 7.87. The predicted octanol–water partition coefficient (Wildman–Crippen LogP) is 3.96. The SMILES string of the molecule is O=C(O)CC(C(=O)O)N1C(=O)/C(=C/c2cc([N+](=O)[O-])ccc2OCc2ccccc2Cl)SC1=S. The molecule has 1 amide bonds. The zero-order valence-corrected chi connectivity index (χ0v) is 19.4. The number of rotatable bonds is 9. The van der Waals surface area contributed by atoms with Gasteiger partial charge in [-0.1, -0.05) is 53.8 Å². The highest BCUT2D eigenvalue weighted by molar-refractivity contribution is 8.26. The molecule has 2 aromatic rings. The van der Waals surface area contributed by atoms with Crippen LogP contribution in [-0.2, 0) is 21.0 Å². The first-order chi connectivity index (χ1) is 16.1. The molecule has 0 bridgehead atoms. The lowest BCUT2D eigenvalue weighted by Crippen LogP contribution is -2.45. The molecule has 3 rings (SSSR count). The molecule has 0 aromatic heterocycles.